The monoisotopic (exact) mass is 282 g/mol. The molecule has 0 bridgehead atoms. The maximum absolute atomic E-state index is 5.91. The summed E-state index contributed by atoms with van der Waals surface area (Å²) in [6.07, 6.45) is 1.02. The first-order valence-electron chi connectivity index (χ1n) is 7.00. The predicted octanol–water partition coefficient (Wildman–Crippen LogP) is 2.76. The fourth-order valence-electron chi connectivity index (χ4n) is 2.30. The fourth-order valence-corrected chi connectivity index (χ4v) is 2.30. The summed E-state index contributed by atoms with van der Waals surface area (Å²) in [4.78, 5) is 0. The quantitative estimate of drug-likeness (QED) is 0.799. The number of pyridine rings is 1. The number of nitrogen functional groups attached to an aromatic ring is 1. The molecule has 0 spiro atoms. The Hall–Kier alpha value is -2.56. The standard InChI is InChI=1S/C16H18N4O/c1-3-12-5-7-13(8-6-12)21-10-15-18-19-16-14(17)9-4-11(2)20(15)16/h4-9H,3,10,17H2,1-2H3. The van der Waals surface area contributed by atoms with Gasteiger partial charge in [-0.2, -0.15) is 0 Å². The Kier molecular flexibility index (Phi) is 3.48. The van der Waals surface area contributed by atoms with Crippen molar-refractivity contribution in [3.8, 4) is 5.75 Å². The SMILES string of the molecule is CCc1ccc(OCc2nnc3c(N)ccc(C)n23)cc1. The second-order valence-corrected chi connectivity index (χ2v) is 4.99. The van der Waals surface area contributed by atoms with Gasteiger partial charge in [0.1, 0.15) is 12.4 Å². The molecular weight excluding hydrogens is 264 g/mol. The van der Waals surface area contributed by atoms with Gasteiger partial charge in [0.15, 0.2) is 11.5 Å². The van der Waals surface area contributed by atoms with Crippen molar-refractivity contribution in [2.45, 2.75) is 26.9 Å². The first-order chi connectivity index (χ1) is 10.2. The molecule has 0 fully saturated rings. The number of nitrogens with zero attached hydrogens (tertiary/aromatic N) is 3. The number of hydrogen-bond acceptors (Lipinski definition) is 4. The van der Waals surface area contributed by atoms with Crippen LogP contribution < -0.4 is 10.5 Å². The first-order valence-corrected chi connectivity index (χ1v) is 7.00. The average Bonchev–Trinajstić information content (AvgIpc) is 2.95. The Balaban J connectivity index is 1.83. The van der Waals surface area contributed by atoms with Gasteiger partial charge in [0.2, 0.25) is 0 Å². The third kappa shape index (κ3) is 2.54. The van der Waals surface area contributed by atoms with Crippen LogP contribution in [0, 0.1) is 6.92 Å². The van der Waals surface area contributed by atoms with E-state index >= 15 is 0 Å². The molecule has 21 heavy (non-hydrogen) atoms. The second kappa shape index (κ2) is 5.44. The van der Waals surface area contributed by atoms with Crippen molar-refractivity contribution in [2.24, 2.45) is 0 Å². The van der Waals surface area contributed by atoms with E-state index in [0.717, 1.165) is 23.7 Å². The molecule has 0 amide bonds. The maximum atomic E-state index is 5.91. The summed E-state index contributed by atoms with van der Waals surface area (Å²) in [5.41, 5.74) is 9.53. The molecule has 0 unspecified atom stereocenters. The van der Waals surface area contributed by atoms with Crippen LogP contribution in [0.25, 0.3) is 5.65 Å². The third-order valence-electron chi connectivity index (χ3n) is 3.54. The van der Waals surface area contributed by atoms with E-state index in [1.54, 1.807) is 0 Å². The first kappa shape index (κ1) is 13.4. The molecule has 5 heteroatoms. The van der Waals surface area contributed by atoms with Crippen molar-refractivity contribution in [2.75, 3.05) is 5.73 Å². The van der Waals surface area contributed by atoms with Crippen LogP contribution >= 0.6 is 0 Å². The summed E-state index contributed by atoms with van der Waals surface area (Å²) < 4.78 is 7.72. The molecule has 2 N–H and O–H groups in total. The van der Waals surface area contributed by atoms with E-state index in [1.165, 1.54) is 5.56 Å². The minimum Gasteiger partial charge on any atom is -0.486 e. The number of benzene rings is 1. The van der Waals surface area contributed by atoms with Gasteiger partial charge in [-0.15, -0.1) is 10.2 Å². The molecule has 0 saturated heterocycles. The van der Waals surface area contributed by atoms with E-state index in [9.17, 15) is 0 Å². The maximum Gasteiger partial charge on any atom is 0.184 e. The highest BCUT2D eigenvalue weighted by molar-refractivity contribution is 5.64. The molecule has 108 valence electrons. The van der Waals surface area contributed by atoms with E-state index < -0.39 is 0 Å². The smallest absolute Gasteiger partial charge is 0.184 e. The van der Waals surface area contributed by atoms with Gasteiger partial charge in [-0.1, -0.05) is 19.1 Å². The lowest BCUT2D eigenvalue weighted by Crippen LogP contribution is -2.04. The van der Waals surface area contributed by atoms with Crippen molar-refractivity contribution in [1.29, 1.82) is 0 Å². The van der Waals surface area contributed by atoms with Gasteiger partial charge in [0.05, 0.1) is 5.69 Å². The fraction of sp³-hybridized carbons (Fsp3) is 0.250. The highest BCUT2D eigenvalue weighted by Gasteiger charge is 2.10. The van der Waals surface area contributed by atoms with E-state index in [1.807, 2.05) is 35.6 Å². The summed E-state index contributed by atoms with van der Waals surface area (Å²) in [5, 5.41) is 8.30. The number of rotatable bonds is 4. The zero-order valence-electron chi connectivity index (χ0n) is 12.2. The summed E-state index contributed by atoms with van der Waals surface area (Å²) in [6.45, 7) is 4.48. The van der Waals surface area contributed by atoms with Crippen LogP contribution in [0.1, 0.15) is 24.0 Å². The Labute approximate surface area is 123 Å². The molecule has 2 heterocycles. The van der Waals surface area contributed by atoms with Crippen molar-refractivity contribution < 1.29 is 4.74 Å². The number of fused-ring (bicyclic) bond motifs is 1. The lowest BCUT2D eigenvalue weighted by molar-refractivity contribution is 0.294. The topological polar surface area (TPSA) is 65.4 Å². The highest BCUT2D eigenvalue weighted by Crippen LogP contribution is 2.18. The normalized spacial score (nSPS) is 11.0. The Morgan fingerprint density at radius 1 is 1.10 bits per heavy atom. The summed E-state index contributed by atoms with van der Waals surface area (Å²) in [5.74, 6) is 1.57. The van der Waals surface area contributed by atoms with Gasteiger partial charge in [-0.05, 0) is 43.2 Å². The van der Waals surface area contributed by atoms with E-state index in [4.69, 9.17) is 10.5 Å². The lowest BCUT2D eigenvalue weighted by atomic mass is 10.2. The second-order valence-electron chi connectivity index (χ2n) is 4.99. The molecule has 0 aliphatic rings. The van der Waals surface area contributed by atoms with Crippen LogP contribution in [0.15, 0.2) is 36.4 Å². The molecule has 0 aliphatic carbocycles. The number of nitrogens with two attached hydrogens (primary N) is 1. The number of anilines is 1. The lowest BCUT2D eigenvalue weighted by Gasteiger charge is -2.08. The van der Waals surface area contributed by atoms with Crippen LogP contribution in [0.2, 0.25) is 0 Å². The van der Waals surface area contributed by atoms with Crippen molar-refractivity contribution >= 4 is 11.3 Å². The molecule has 2 aromatic heterocycles. The Bertz CT molecular complexity index is 762. The number of aryl methyl sites for hydroxylation is 2. The molecule has 0 aliphatic heterocycles. The zero-order valence-corrected chi connectivity index (χ0v) is 12.2. The minimum absolute atomic E-state index is 0.358. The number of ether oxygens (including phenoxy) is 1. The zero-order chi connectivity index (χ0) is 14.8. The van der Waals surface area contributed by atoms with Gasteiger partial charge >= 0.3 is 0 Å². The van der Waals surface area contributed by atoms with E-state index in [-0.39, 0.29) is 0 Å². The van der Waals surface area contributed by atoms with Gasteiger partial charge in [0.25, 0.3) is 0 Å². The third-order valence-corrected chi connectivity index (χ3v) is 3.54. The predicted molar refractivity (Wildman–Crippen MR) is 82.3 cm³/mol. The van der Waals surface area contributed by atoms with Crippen LogP contribution in [0.5, 0.6) is 5.75 Å². The van der Waals surface area contributed by atoms with Gasteiger partial charge in [-0.3, -0.25) is 4.40 Å². The Morgan fingerprint density at radius 3 is 2.57 bits per heavy atom. The summed E-state index contributed by atoms with van der Waals surface area (Å²) in [6, 6.07) is 11.9. The molecule has 5 nitrogen and oxygen atoms in total. The molecule has 0 saturated carbocycles. The molecular formula is C16H18N4O. The van der Waals surface area contributed by atoms with E-state index in [2.05, 4.69) is 29.3 Å². The van der Waals surface area contributed by atoms with E-state index in [0.29, 0.717) is 17.9 Å². The largest absolute Gasteiger partial charge is 0.486 e. The molecule has 3 rings (SSSR count). The van der Waals surface area contributed by atoms with Crippen LogP contribution in [0.3, 0.4) is 0 Å². The molecule has 1 aromatic carbocycles. The van der Waals surface area contributed by atoms with Gasteiger partial charge < -0.3 is 10.5 Å². The average molecular weight is 282 g/mol. The van der Waals surface area contributed by atoms with Gasteiger partial charge in [-0.25, -0.2) is 0 Å². The number of aromatic nitrogens is 3. The molecule has 0 radical (unpaired) electrons. The Morgan fingerprint density at radius 2 is 1.86 bits per heavy atom. The van der Waals surface area contributed by atoms with Crippen LogP contribution in [-0.2, 0) is 13.0 Å². The molecule has 0 atom stereocenters. The number of hydrogen-bond donors (Lipinski definition) is 1. The van der Waals surface area contributed by atoms with Crippen molar-refractivity contribution in [3.63, 3.8) is 0 Å². The van der Waals surface area contributed by atoms with Crippen molar-refractivity contribution in [1.82, 2.24) is 14.6 Å². The molecule has 3 aromatic rings. The van der Waals surface area contributed by atoms with Gasteiger partial charge in [0, 0.05) is 5.69 Å². The highest BCUT2D eigenvalue weighted by atomic mass is 16.5. The minimum atomic E-state index is 0.358. The van der Waals surface area contributed by atoms with Crippen LogP contribution in [0.4, 0.5) is 5.69 Å². The van der Waals surface area contributed by atoms with Crippen molar-refractivity contribution in [3.05, 3.63) is 53.5 Å². The summed E-state index contributed by atoms with van der Waals surface area (Å²) >= 11 is 0. The summed E-state index contributed by atoms with van der Waals surface area (Å²) in [7, 11) is 0. The van der Waals surface area contributed by atoms with Crippen LogP contribution in [-0.4, -0.2) is 14.6 Å².